The predicted molar refractivity (Wildman–Crippen MR) is 70.6 cm³/mol. The van der Waals surface area contributed by atoms with Crippen LogP contribution in [0.15, 0.2) is 24.3 Å². The van der Waals surface area contributed by atoms with Crippen LogP contribution in [0.4, 0.5) is 0 Å². The number of hydrogen-bond donors (Lipinski definition) is 0. The van der Waals surface area contributed by atoms with Crippen LogP contribution in [0.25, 0.3) is 0 Å². The van der Waals surface area contributed by atoms with Gasteiger partial charge in [0.1, 0.15) is 11.9 Å². The molecule has 0 fully saturated rings. The van der Waals surface area contributed by atoms with Gasteiger partial charge in [-0.05, 0) is 25.0 Å². The van der Waals surface area contributed by atoms with E-state index in [1.165, 1.54) is 0 Å². The molecule has 1 heterocycles. The molecule has 1 aromatic rings. The predicted octanol–water partition coefficient (Wildman–Crippen LogP) is 4.09. The van der Waals surface area contributed by atoms with Gasteiger partial charge in [-0.25, -0.2) is 0 Å². The first-order chi connectivity index (χ1) is 8.27. The standard InChI is InChI=1S/C13H16O2.C2H6/c1-3-9-11(4-2)15-12-8-6-5-7-10(12)13(9)14;1-2/h5-9,11H,3-4H2,1-2H3;1-2H3/t9-,11-;/m1./s1. The smallest absolute Gasteiger partial charge is 0.173 e. The maximum absolute atomic E-state index is 12.1. The highest BCUT2D eigenvalue weighted by molar-refractivity contribution is 6.01. The van der Waals surface area contributed by atoms with Crippen molar-refractivity contribution in [3.8, 4) is 5.75 Å². The molecule has 2 nitrogen and oxygen atoms in total. The molecule has 2 heteroatoms. The molecule has 17 heavy (non-hydrogen) atoms. The third-order valence-electron chi connectivity index (χ3n) is 3.06. The molecule has 1 aliphatic rings. The van der Waals surface area contributed by atoms with Gasteiger partial charge < -0.3 is 4.74 Å². The van der Waals surface area contributed by atoms with Crippen LogP contribution in [0.1, 0.15) is 50.9 Å². The fraction of sp³-hybridized carbons (Fsp3) is 0.533. The lowest BCUT2D eigenvalue weighted by Gasteiger charge is -2.31. The van der Waals surface area contributed by atoms with Crippen LogP contribution in [0.5, 0.6) is 5.75 Å². The zero-order valence-electron chi connectivity index (χ0n) is 11.2. The monoisotopic (exact) mass is 234 g/mol. The van der Waals surface area contributed by atoms with E-state index in [2.05, 4.69) is 6.92 Å². The number of fused-ring (bicyclic) bond motifs is 1. The molecule has 0 aromatic heterocycles. The van der Waals surface area contributed by atoms with Crippen LogP contribution in [-0.4, -0.2) is 11.9 Å². The highest BCUT2D eigenvalue weighted by Crippen LogP contribution is 2.33. The summed E-state index contributed by atoms with van der Waals surface area (Å²) in [5.74, 6) is 1.02. The maximum atomic E-state index is 12.1. The second kappa shape index (κ2) is 6.43. The van der Waals surface area contributed by atoms with E-state index in [0.29, 0.717) is 0 Å². The number of Topliss-reactive ketones (excluding diaryl/α,β-unsaturated/α-hetero) is 1. The van der Waals surface area contributed by atoms with Crippen LogP contribution in [0, 0.1) is 5.92 Å². The van der Waals surface area contributed by atoms with Crippen molar-refractivity contribution in [3.05, 3.63) is 29.8 Å². The molecule has 0 amide bonds. The second-order valence-electron chi connectivity index (χ2n) is 3.94. The Morgan fingerprint density at radius 3 is 2.35 bits per heavy atom. The fourth-order valence-corrected chi connectivity index (χ4v) is 2.20. The van der Waals surface area contributed by atoms with E-state index in [1.54, 1.807) is 0 Å². The number of hydrogen-bond acceptors (Lipinski definition) is 2. The molecule has 0 saturated carbocycles. The van der Waals surface area contributed by atoms with E-state index in [-0.39, 0.29) is 17.8 Å². The van der Waals surface area contributed by atoms with Crippen molar-refractivity contribution in [1.29, 1.82) is 0 Å². The third kappa shape index (κ3) is 2.68. The number of ketones is 1. The average molecular weight is 234 g/mol. The van der Waals surface area contributed by atoms with E-state index in [1.807, 2.05) is 45.0 Å². The lowest BCUT2D eigenvalue weighted by molar-refractivity contribution is 0.0640. The summed E-state index contributed by atoms with van der Waals surface area (Å²) >= 11 is 0. The molecule has 0 bridgehead atoms. The van der Waals surface area contributed by atoms with Crippen molar-refractivity contribution in [2.75, 3.05) is 0 Å². The molecular weight excluding hydrogens is 212 g/mol. The zero-order valence-corrected chi connectivity index (χ0v) is 11.2. The third-order valence-corrected chi connectivity index (χ3v) is 3.06. The van der Waals surface area contributed by atoms with Gasteiger partial charge in [0.05, 0.1) is 11.5 Å². The van der Waals surface area contributed by atoms with Gasteiger partial charge in [-0.1, -0.05) is 39.8 Å². The number of carbonyl (C=O) groups is 1. The SMILES string of the molecule is CC.CC[C@H]1Oc2ccccc2C(=O)[C@@H]1CC. The van der Waals surface area contributed by atoms with Gasteiger partial charge in [0.2, 0.25) is 0 Å². The molecule has 1 aliphatic heterocycles. The highest BCUT2D eigenvalue weighted by atomic mass is 16.5. The summed E-state index contributed by atoms with van der Waals surface area (Å²) in [4.78, 5) is 12.1. The summed E-state index contributed by atoms with van der Waals surface area (Å²) in [6.07, 6.45) is 1.79. The first kappa shape index (κ1) is 13.8. The Hall–Kier alpha value is -1.31. The molecule has 1 aromatic carbocycles. The molecular formula is C15H22O2. The molecule has 0 radical (unpaired) electrons. The summed E-state index contributed by atoms with van der Waals surface area (Å²) in [7, 11) is 0. The van der Waals surface area contributed by atoms with Crippen molar-refractivity contribution in [2.45, 2.75) is 46.6 Å². The topological polar surface area (TPSA) is 26.3 Å². The van der Waals surface area contributed by atoms with Gasteiger partial charge in [0.25, 0.3) is 0 Å². The van der Waals surface area contributed by atoms with E-state index >= 15 is 0 Å². The summed E-state index contributed by atoms with van der Waals surface area (Å²) in [5, 5.41) is 0. The Bertz CT molecular complexity index is 371. The minimum absolute atomic E-state index is 0.0323. The van der Waals surface area contributed by atoms with Crippen LogP contribution in [0.3, 0.4) is 0 Å². The zero-order chi connectivity index (χ0) is 12.8. The minimum atomic E-state index is 0.0323. The minimum Gasteiger partial charge on any atom is -0.489 e. The van der Waals surface area contributed by atoms with Crippen LogP contribution in [0.2, 0.25) is 0 Å². The maximum Gasteiger partial charge on any atom is 0.173 e. The van der Waals surface area contributed by atoms with E-state index in [9.17, 15) is 4.79 Å². The fourth-order valence-electron chi connectivity index (χ4n) is 2.20. The summed E-state index contributed by atoms with van der Waals surface area (Å²) in [5.41, 5.74) is 0.744. The molecule has 0 N–H and O–H groups in total. The van der Waals surface area contributed by atoms with Crippen molar-refractivity contribution in [3.63, 3.8) is 0 Å². The molecule has 0 saturated heterocycles. The summed E-state index contributed by atoms with van der Waals surface area (Å²) < 4.78 is 5.83. The van der Waals surface area contributed by atoms with Crippen molar-refractivity contribution < 1.29 is 9.53 Å². The molecule has 94 valence electrons. The van der Waals surface area contributed by atoms with Crippen molar-refractivity contribution >= 4 is 5.78 Å². The van der Waals surface area contributed by atoms with Gasteiger partial charge in [0, 0.05) is 0 Å². The number of carbonyl (C=O) groups excluding carboxylic acids is 1. The van der Waals surface area contributed by atoms with Gasteiger partial charge in [0.15, 0.2) is 5.78 Å². The summed E-state index contributed by atoms with van der Waals surface area (Å²) in [6.45, 7) is 8.11. The van der Waals surface area contributed by atoms with Crippen LogP contribution < -0.4 is 4.74 Å². The van der Waals surface area contributed by atoms with Gasteiger partial charge >= 0.3 is 0 Å². The number of ether oxygens (including phenoxy) is 1. The highest BCUT2D eigenvalue weighted by Gasteiger charge is 2.34. The number of rotatable bonds is 2. The summed E-state index contributed by atoms with van der Waals surface area (Å²) in [6, 6.07) is 7.53. The second-order valence-corrected chi connectivity index (χ2v) is 3.94. The molecule has 0 aliphatic carbocycles. The van der Waals surface area contributed by atoms with E-state index in [4.69, 9.17) is 4.74 Å². The van der Waals surface area contributed by atoms with E-state index in [0.717, 1.165) is 24.2 Å². The van der Waals surface area contributed by atoms with Crippen LogP contribution >= 0.6 is 0 Å². The van der Waals surface area contributed by atoms with Gasteiger partial charge in [-0.15, -0.1) is 0 Å². The molecule has 0 unspecified atom stereocenters. The molecule has 2 atom stereocenters. The largest absolute Gasteiger partial charge is 0.489 e. The number of para-hydroxylation sites is 1. The number of benzene rings is 1. The lowest BCUT2D eigenvalue weighted by Crippen LogP contribution is -2.36. The Balaban J connectivity index is 0.000000686. The van der Waals surface area contributed by atoms with Gasteiger partial charge in [-0.2, -0.15) is 0 Å². The Labute approximate surface area is 104 Å². The Morgan fingerprint density at radius 1 is 1.12 bits per heavy atom. The Morgan fingerprint density at radius 2 is 1.76 bits per heavy atom. The molecule has 0 spiro atoms. The quantitative estimate of drug-likeness (QED) is 0.770. The first-order valence-electron chi connectivity index (χ1n) is 6.57. The van der Waals surface area contributed by atoms with Crippen molar-refractivity contribution in [2.24, 2.45) is 5.92 Å². The van der Waals surface area contributed by atoms with Gasteiger partial charge in [-0.3, -0.25) is 4.79 Å². The normalized spacial score (nSPS) is 22.0. The average Bonchev–Trinajstić information content (AvgIpc) is 2.41. The Kier molecular flexibility index (Phi) is 5.20. The lowest BCUT2D eigenvalue weighted by atomic mass is 9.86. The van der Waals surface area contributed by atoms with Crippen LogP contribution in [-0.2, 0) is 0 Å². The molecule has 2 rings (SSSR count). The van der Waals surface area contributed by atoms with E-state index < -0.39 is 0 Å². The first-order valence-corrected chi connectivity index (χ1v) is 6.57. The van der Waals surface area contributed by atoms with Crippen molar-refractivity contribution in [1.82, 2.24) is 0 Å².